The molecule has 0 fully saturated rings. The molecule has 10 nitrogen and oxygen atoms in total. The molecule has 3 atom stereocenters. The number of rotatable bonds is 13. The highest BCUT2D eigenvalue weighted by Gasteiger charge is 2.31. The highest BCUT2D eigenvalue weighted by Crippen LogP contribution is 2.24. The van der Waals surface area contributed by atoms with Crippen molar-refractivity contribution in [2.45, 2.75) is 111 Å². The molecule has 0 saturated carbocycles. The molecule has 1 aromatic carbocycles. The minimum Gasteiger partial charge on any atom is -0.456 e. The molecule has 2 heterocycles. The maximum Gasteiger partial charge on any atom is 0.329 e. The van der Waals surface area contributed by atoms with Crippen molar-refractivity contribution < 1.29 is 28.7 Å². The Morgan fingerprint density at radius 3 is 2.49 bits per heavy atom. The van der Waals surface area contributed by atoms with Crippen molar-refractivity contribution in [1.29, 1.82) is 0 Å². The molecule has 0 unspecified atom stereocenters. The van der Waals surface area contributed by atoms with Gasteiger partial charge < -0.3 is 20.7 Å². The molecular weight excluding hydrogens is 661 g/mol. The Kier molecular flexibility index (Phi) is 16.7. The monoisotopic (exact) mass is 710 g/mol. The topological polar surface area (TPSA) is 144 Å². The second-order valence-corrected chi connectivity index (χ2v) is 14.6. The summed E-state index contributed by atoms with van der Waals surface area (Å²) in [6.45, 7) is 9.29. The average molecular weight is 711 g/mol. The molecule has 1 aliphatic rings. The summed E-state index contributed by atoms with van der Waals surface area (Å²) in [5.41, 5.74) is 2.15. The molecule has 2 aromatic rings. The van der Waals surface area contributed by atoms with E-state index in [1.165, 1.54) is 35.6 Å². The van der Waals surface area contributed by atoms with Gasteiger partial charge in [-0.15, -0.1) is 11.3 Å². The van der Waals surface area contributed by atoms with Crippen molar-refractivity contribution in [3.8, 4) is 0 Å². The highest BCUT2D eigenvalue weighted by atomic mass is 32.2. The van der Waals surface area contributed by atoms with Crippen LogP contribution in [0.4, 0.5) is 0 Å². The van der Waals surface area contributed by atoms with Crippen LogP contribution in [0.2, 0.25) is 0 Å². The lowest BCUT2D eigenvalue weighted by Crippen LogP contribution is -2.48. The molecule has 49 heavy (non-hydrogen) atoms. The van der Waals surface area contributed by atoms with Crippen LogP contribution in [0.3, 0.4) is 0 Å². The predicted molar refractivity (Wildman–Crippen MR) is 195 cm³/mol. The maximum atomic E-state index is 13.6. The number of aryl methyl sites for hydroxylation is 1. The number of aromatic nitrogens is 1. The van der Waals surface area contributed by atoms with Gasteiger partial charge in [0.1, 0.15) is 28.5 Å². The van der Waals surface area contributed by atoms with E-state index < -0.39 is 36.0 Å². The van der Waals surface area contributed by atoms with Crippen LogP contribution in [0.15, 0.2) is 53.6 Å². The standard InChI is InChI=1S/C37H50N4O6S2/c1-6-8-9-10-11-15-32(43)48-20-13-12-14-27-22-31(42)38-29(21-26-18-16-25(5)17-19-26)36-40-30(23-49-36)35(45)39-28(7-2)34(44)41-33(24(3)4)37(46)47-27/h7,12,14,16-19,23-24,27,29,33H,6,8-11,13,15,20-22H2,1-5H3,(H,38,42)(H,39,45)(H,41,44)/b14-12+,28-7-/t27-,29+,33+/m1/s1. The molecule has 0 radical (unpaired) electrons. The molecule has 0 spiro atoms. The Morgan fingerprint density at radius 1 is 1.06 bits per heavy atom. The third kappa shape index (κ3) is 13.6. The van der Waals surface area contributed by atoms with E-state index in [2.05, 4.69) is 27.9 Å². The number of thiazole rings is 1. The van der Waals surface area contributed by atoms with E-state index in [-0.39, 0.29) is 34.8 Å². The van der Waals surface area contributed by atoms with Gasteiger partial charge in [0.25, 0.3) is 11.8 Å². The van der Waals surface area contributed by atoms with Crippen LogP contribution < -0.4 is 16.0 Å². The molecule has 0 aliphatic carbocycles. The summed E-state index contributed by atoms with van der Waals surface area (Å²) < 4.78 is 5.85. The van der Waals surface area contributed by atoms with Crippen molar-refractivity contribution in [3.05, 3.63) is 75.4 Å². The van der Waals surface area contributed by atoms with Gasteiger partial charge >= 0.3 is 5.97 Å². The SMILES string of the molecule is C/C=C1\NC(=O)c2csc(n2)[C@H](Cc2ccc(C)cc2)NC(=O)C[C@@H](/C=C/CCSC(=O)CCCCCCC)OC(=O)[C@H](C(C)C)NC1=O. The lowest BCUT2D eigenvalue weighted by Gasteiger charge is -2.25. The Morgan fingerprint density at radius 2 is 1.80 bits per heavy atom. The van der Waals surface area contributed by atoms with E-state index in [1.807, 2.05) is 37.3 Å². The third-order valence-electron chi connectivity index (χ3n) is 7.97. The van der Waals surface area contributed by atoms with E-state index >= 15 is 0 Å². The average Bonchev–Trinajstić information content (AvgIpc) is 3.56. The van der Waals surface area contributed by atoms with Crippen LogP contribution in [0.1, 0.15) is 112 Å². The van der Waals surface area contributed by atoms with Gasteiger partial charge in [0.15, 0.2) is 5.12 Å². The zero-order valence-electron chi connectivity index (χ0n) is 29.2. The molecule has 12 heteroatoms. The zero-order chi connectivity index (χ0) is 35.8. The summed E-state index contributed by atoms with van der Waals surface area (Å²) in [5.74, 6) is -2.09. The minimum atomic E-state index is -1.04. The quantitative estimate of drug-likeness (QED) is 0.0925. The molecule has 2 bridgehead atoms. The molecular formula is C37H50N4O6S2. The first kappa shape index (κ1) is 39.7. The molecule has 1 aromatic heterocycles. The highest BCUT2D eigenvalue weighted by molar-refractivity contribution is 8.13. The van der Waals surface area contributed by atoms with Crippen molar-refractivity contribution in [2.24, 2.45) is 5.92 Å². The van der Waals surface area contributed by atoms with Crippen LogP contribution >= 0.6 is 23.1 Å². The predicted octanol–water partition coefficient (Wildman–Crippen LogP) is 6.51. The normalized spacial score (nSPS) is 20.3. The first-order chi connectivity index (χ1) is 23.5. The van der Waals surface area contributed by atoms with Gasteiger partial charge in [-0.2, -0.15) is 0 Å². The van der Waals surface area contributed by atoms with Gasteiger partial charge in [-0.05, 0) is 50.7 Å². The number of esters is 1. The Labute approximate surface area is 298 Å². The number of thioether (sulfide) groups is 1. The second kappa shape index (κ2) is 20.7. The number of ether oxygens (including phenoxy) is 1. The van der Waals surface area contributed by atoms with E-state index in [1.54, 1.807) is 32.2 Å². The van der Waals surface area contributed by atoms with Crippen LogP contribution in [0, 0.1) is 12.8 Å². The van der Waals surface area contributed by atoms with Gasteiger partial charge in [0.2, 0.25) is 5.91 Å². The molecule has 3 amide bonds. The zero-order valence-corrected chi connectivity index (χ0v) is 30.8. The smallest absolute Gasteiger partial charge is 0.329 e. The van der Waals surface area contributed by atoms with Crippen LogP contribution in [0.5, 0.6) is 0 Å². The maximum absolute atomic E-state index is 13.6. The van der Waals surface area contributed by atoms with E-state index in [9.17, 15) is 24.0 Å². The fourth-order valence-corrected chi connectivity index (χ4v) is 6.74. The Balaban J connectivity index is 1.83. The van der Waals surface area contributed by atoms with Crippen molar-refractivity contribution >= 4 is 51.9 Å². The lowest BCUT2D eigenvalue weighted by molar-refractivity contribution is -0.153. The number of nitrogens with zero attached hydrogens (tertiary/aromatic N) is 1. The molecule has 266 valence electrons. The largest absolute Gasteiger partial charge is 0.456 e. The number of benzene rings is 1. The van der Waals surface area contributed by atoms with Crippen LogP contribution in [-0.2, 0) is 30.3 Å². The number of allylic oxidation sites excluding steroid dienone is 2. The van der Waals surface area contributed by atoms with E-state index in [4.69, 9.17) is 4.74 Å². The van der Waals surface area contributed by atoms with Gasteiger partial charge in [0, 0.05) is 17.6 Å². The number of cyclic esters (lactones) is 1. The number of nitrogens with one attached hydrogen (secondary N) is 3. The molecule has 3 N–H and O–H groups in total. The van der Waals surface area contributed by atoms with Crippen molar-refractivity contribution in [1.82, 2.24) is 20.9 Å². The number of amides is 3. The number of carbonyl (C=O) groups excluding carboxylic acids is 5. The lowest BCUT2D eigenvalue weighted by atomic mass is 10.0. The van der Waals surface area contributed by atoms with Crippen LogP contribution in [0.25, 0.3) is 0 Å². The fraction of sp³-hybridized carbons (Fsp3) is 0.514. The number of hydrogen-bond acceptors (Lipinski definition) is 9. The second-order valence-electron chi connectivity index (χ2n) is 12.5. The van der Waals surface area contributed by atoms with Crippen LogP contribution in [-0.4, -0.2) is 51.7 Å². The number of unbranched alkanes of at least 4 members (excludes halogenated alkanes) is 4. The van der Waals surface area contributed by atoms with Gasteiger partial charge in [0.05, 0.1) is 12.5 Å². The molecule has 0 saturated heterocycles. The summed E-state index contributed by atoms with van der Waals surface area (Å²) in [7, 11) is 0. The number of carbonyl (C=O) groups is 5. The first-order valence-corrected chi connectivity index (χ1v) is 19.0. The Bertz CT molecular complexity index is 1480. The number of fused-ring (bicyclic) bond motifs is 2. The van der Waals surface area contributed by atoms with Crippen molar-refractivity contribution in [3.63, 3.8) is 0 Å². The van der Waals surface area contributed by atoms with E-state index in [0.717, 1.165) is 36.8 Å². The van der Waals surface area contributed by atoms with E-state index in [0.29, 0.717) is 30.0 Å². The Hall–Kier alpha value is -3.77. The summed E-state index contributed by atoms with van der Waals surface area (Å²) in [6.07, 6.45) is 10.8. The number of hydrogen-bond donors (Lipinski definition) is 3. The summed E-state index contributed by atoms with van der Waals surface area (Å²) >= 11 is 2.52. The van der Waals surface area contributed by atoms with Crippen molar-refractivity contribution in [2.75, 3.05) is 5.75 Å². The van der Waals surface area contributed by atoms with Gasteiger partial charge in [-0.25, -0.2) is 9.78 Å². The summed E-state index contributed by atoms with van der Waals surface area (Å²) in [4.78, 5) is 70.2. The first-order valence-electron chi connectivity index (χ1n) is 17.1. The minimum absolute atomic E-state index is 0.0287. The molecule has 3 rings (SSSR count). The summed E-state index contributed by atoms with van der Waals surface area (Å²) in [6, 6.07) is 6.33. The molecule has 1 aliphatic heterocycles. The fourth-order valence-electron chi connectivity index (χ4n) is 5.12. The van der Waals surface area contributed by atoms with Gasteiger partial charge in [-0.1, -0.05) is 100 Å². The third-order valence-corrected chi connectivity index (χ3v) is 9.90. The summed E-state index contributed by atoms with van der Waals surface area (Å²) in [5, 5.41) is 10.6. The van der Waals surface area contributed by atoms with Gasteiger partial charge in [-0.3, -0.25) is 19.2 Å².